The zero-order valence-electron chi connectivity index (χ0n) is 17.6. The summed E-state index contributed by atoms with van der Waals surface area (Å²) in [6.45, 7) is 1.15. The predicted molar refractivity (Wildman–Crippen MR) is 129 cm³/mol. The Bertz CT molecular complexity index is 1260. The van der Waals surface area contributed by atoms with E-state index in [4.69, 9.17) is 28.9 Å². The number of rotatable bonds is 8. The normalized spacial score (nSPS) is 11.4. The second-order valence-corrected chi connectivity index (χ2v) is 10.0. The molecule has 0 aromatic heterocycles. The summed E-state index contributed by atoms with van der Waals surface area (Å²) in [6.07, 6.45) is 0. The number of aryl methyl sites for hydroxylation is 1. The highest BCUT2D eigenvalue weighted by molar-refractivity contribution is 7.89. The number of amides is 2. The van der Waals surface area contributed by atoms with Crippen LogP contribution in [-0.4, -0.2) is 31.1 Å². The second kappa shape index (κ2) is 10.4. The maximum atomic E-state index is 13.4. The largest absolute Gasteiger partial charge is 0.366 e. The van der Waals surface area contributed by atoms with Gasteiger partial charge in [-0.05, 0) is 55.5 Å². The molecule has 0 aliphatic heterocycles. The van der Waals surface area contributed by atoms with Crippen LogP contribution in [0.1, 0.15) is 21.5 Å². The average molecular weight is 506 g/mol. The van der Waals surface area contributed by atoms with Crippen LogP contribution in [0.15, 0.2) is 71.6 Å². The lowest BCUT2D eigenvalue weighted by atomic mass is 10.2. The lowest BCUT2D eigenvalue weighted by Crippen LogP contribution is -2.37. The van der Waals surface area contributed by atoms with E-state index in [1.54, 1.807) is 30.3 Å². The van der Waals surface area contributed by atoms with Crippen LogP contribution in [0.3, 0.4) is 0 Å². The van der Waals surface area contributed by atoms with Crippen LogP contribution in [0.25, 0.3) is 0 Å². The number of hydrogen-bond acceptors (Lipinski definition) is 4. The number of halogens is 2. The first-order chi connectivity index (χ1) is 15.6. The van der Waals surface area contributed by atoms with E-state index in [2.05, 4.69) is 5.32 Å². The number of nitrogens with zero attached hydrogens (tertiary/aromatic N) is 1. The van der Waals surface area contributed by atoms with Gasteiger partial charge in [0.2, 0.25) is 21.8 Å². The molecule has 0 fully saturated rings. The van der Waals surface area contributed by atoms with E-state index < -0.39 is 28.4 Å². The molecule has 3 aromatic rings. The summed E-state index contributed by atoms with van der Waals surface area (Å²) in [5, 5.41) is 3.20. The number of carbonyl (C=O) groups excluding carboxylic acids is 2. The summed E-state index contributed by atoms with van der Waals surface area (Å²) in [5.74, 6) is -1.18. The minimum atomic E-state index is -4.06. The Morgan fingerprint density at radius 3 is 2.06 bits per heavy atom. The van der Waals surface area contributed by atoms with Crippen LogP contribution in [0.5, 0.6) is 0 Å². The molecular formula is C23H21Cl2N3O4S. The van der Waals surface area contributed by atoms with Crippen molar-refractivity contribution >= 4 is 50.7 Å². The van der Waals surface area contributed by atoms with Crippen molar-refractivity contribution in [1.82, 2.24) is 4.31 Å². The summed E-state index contributed by atoms with van der Waals surface area (Å²) in [4.78, 5) is 24.0. The maximum absolute atomic E-state index is 13.4. The number of carbonyl (C=O) groups is 2. The molecule has 0 saturated carbocycles. The molecule has 10 heteroatoms. The lowest BCUT2D eigenvalue weighted by molar-refractivity contribution is -0.116. The van der Waals surface area contributed by atoms with Crippen LogP contribution in [0.4, 0.5) is 5.69 Å². The van der Waals surface area contributed by atoms with Gasteiger partial charge in [0.15, 0.2) is 0 Å². The molecule has 0 bridgehead atoms. The number of benzene rings is 3. The number of nitrogens with two attached hydrogens (primary N) is 1. The molecule has 3 N–H and O–H groups in total. The third-order valence-corrected chi connectivity index (χ3v) is 7.34. The van der Waals surface area contributed by atoms with Crippen LogP contribution >= 0.6 is 23.2 Å². The summed E-state index contributed by atoms with van der Waals surface area (Å²) >= 11 is 12.5. The first-order valence-corrected chi connectivity index (χ1v) is 12.0. The Morgan fingerprint density at radius 1 is 0.939 bits per heavy atom. The van der Waals surface area contributed by atoms with Crippen LogP contribution in [-0.2, 0) is 21.4 Å². The molecule has 0 heterocycles. The van der Waals surface area contributed by atoms with Gasteiger partial charge in [-0.3, -0.25) is 9.59 Å². The Labute approximate surface area is 202 Å². The summed E-state index contributed by atoms with van der Waals surface area (Å²) in [7, 11) is -4.06. The number of anilines is 1. The average Bonchev–Trinajstić information content (AvgIpc) is 2.76. The van der Waals surface area contributed by atoms with E-state index in [0.717, 1.165) is 9.87 Å². The SMILES string of the molecule is Cc1ccc(S(=O)(=O)N(CC(=O)Nc2ccc(C(N)=O)cc2)Cc2c(Cl)cccc2Cl)cc1. The van der Waals surface area contributed by atoms with Crippen LogP contribution in [0, 0.1) is 6.92 Å². The molecule has 0 atom stereocenters. The van der Waals surface area contributed by atoms with E-state index in [1.165, 1.54) is 36.4 Å². The van der Waals surface area contributed by atoms with Gasteiger partial charge in [0.05, 0.1) is 11.4 Å². The zero-order valence-corrected chi connectivity index (χ0v) is 19.9. The fourth-order valence-corrected chi connectivity index (χ4v) is 4.90. The van der Waals surface area contributed by atoms with Crippen LogP contribution < -0.4 is 11.1 Å². The van der Waals surface area contributed by atoms with Gasteiger partial charge in [0, 0.05) is 33.4 Å². The Morgan fingerprint density at radius 2 is 1.52 bits per heavy atom. The molecular weight excluding hydrogens is 485 g/mol. The Hall–Kier alpha value is -2.91. The van der Waals surface area contributed by atoms with Crippen molar-refractivity contribution in [3.8, 4) is 0 Å². The molecule has 0 saturated heterocycles. The Kier molecular flexibility index (Phi) is 7.76. The van der Waals surface area contributed by atoms with Crippen molar-refractivity contribution in [2.24, 2.45) is 5.73 Å². The van der Waals surface area contributed by atoms with E-state index in [1.807, 2.05) is 6.92 Å². The molecule has 172 valence electrons. The smallest absolute Gasteiger partial charge is 0.248 e. The molecule has 0 radical (unpaired) electrons. The van der Waals surface area contributed by atoms with Gasteiger partial charge in [-0.15, -0.1) is 0 Å². The number of sulfonamides is 1. The standard InChI is InChI=1S/C23H21Cl2N3O4S/c1-15-5-11-18(12-6-15)33(31,32)28(13-19-20(24)3-2-4-21(19)25)14-22(29)27-17-9-7-16(8-10-17)23(26)30/h2-12H,13-14H2,1H3,(H2,26,30)(H,27,29). The van der Waals surface area contributed by atoms with E-state index in [0.29, 0.717) is 11.3 Å². The highest BCUT2D eigenvalue weighted by atomic mass is 35.5. The van der Waals surface area contributed by atoms with Crippen molar-refractivity contribution < 1.29 is 18.0 Å². The van der Waals surface area contributed by atoms with E-state index in [-0.39, 0.29) is 27.0 Å². The molecule has 0 aliphatic rings. The van der Waals surface area contributed by atoms with Gasteiger partial charge in [0.25, 0.3) is 0 Å². The molecule has 2 amide bonds. The molecule has 0 unspecified atom stereocenters. The maximum Gasteiger partial charge on any atom is 0.248 e. The second-order valence-electron chi connectivity index (χ2n) is 7.28. The van der Waals surface area contributed by atoms with E-state index >= 15 is 0 Å². The minimum absolute atomic E-state index is 0.0369. The third-order valence-electron chi connectivity index (χ3n) is 4.83. The molecule has 0 aliphatic carbocycles. The number of nitrogens with one attached hydrogen (secondary N) is 1. The topological polar surface area (TPSA) is 110 Å². The zero-order chi connectivity index (χ0) is 24.2. The first kappa shape index (κ1) is 24.7. The molecule has 7 nitrogen and oxygen atoms in total. The van der Waals surface area contributed by atoms with Gasteiger partial charge in [-0.2, -0.15) is 4.31 Å². The van der Waals surface area contributed by atoms with Crippen molar-refractivity contribution in [1.29, 1.82) is 0 Å². The Balaban J connectivity index is 1.90. The van der Waals surface area contributed by atoms with Crippen molar-refractivity contribution in [3.05, 3.63) is 93.5 Å². The fourth-order valence-electron chi connectivity index (χ4n) is 3.02. The summed E-state index contributed by atoms with van der Waals surface area (Å²) in [5.41, 5.74) is 7.16. The van der Waals surface area contributed by atoms with Gasteiger partial charge < -0.3 is 11.1 Å². The van der Waals surface area contributed by atoms with Gasteiger partial charge in [0.1, 0.15) is 0 Å². The van der Waals surface area contributed by atoms with Gasteiger partial charge in [-0.1, -0.05) is 47.0 Å². The van der Waals surface area contributed by atoms with E-state index in [9.17, 15) is 18.0 Å². The summed E-state index contributed by atoms with van der Waals surface area (Å²) < 4.78 is 27.8. The van der Waals surface area contributed by atoms with Gasteiger partial charge >= 0.3 is 0 Å². The molecule has 3 rings (SSSR count). The molecule has 0 spiro atoms. The number of primary amides is 1. The fraction of sp³-hybridized carbons (Fsp3) is 0.130. The van der Waals surface area contributed by atoms with Crippen molar-refractivity contribution in [2.75, 3.05) is 11.9 Å². The third kappa shape index (κ3) is 6.11. The molecule has 3 aromatic carbocycles. The molecule has 33 heavy (non-hydrogen) atoms. The minimum Gasteiger partial charge on any atom is -0.366 e. The van der Waals surface area contributed by atoms with Crippen molar-refractivity contribution in [2.45, 2.75) is 18.4 Å². The monoisotopic (exact) mass is 505 g/mol. The highest BCUT2D eigenvalue weighted by Crippen LogP contribution is 2.28. The van der Waals surface area contributed by atoms with Crippen LogP contribution in [0.2, 0.25) is 10.0 Å². The lowest BCUT2D eigenvalue weighted by Gasteiger charge is -2.23. The highest BCUT2D eigenvalue weighted by Gasteiger charge is 2.28. The van der Waals surface area contributed by atoms with Gasteiger partial charge in [-0.25, -0.2) is 8.42 Å². The number of hydrogen-bond donors (Lipinski definition) is 2. The summed E-state index contributed by atoms with van der Waals surface area (Å²) in [6, 6.07) is 17.1. The van der Waals surface area contributed by atoms with Crippen molar-refractivity contribution in [3.63, 3.8) is 0 Å². The first-order valence-electron chi connectivity index (χ1n) is 9.77. The quantitative estimate of drug-likeness (QED) is 0.477. The predicted octanol–water partition coefficient (Wildman–Crippen LogP) is 4.23.